The summed E-state index contributed by atoms with van der Waals surface area (Å²) >= 11 is 0. The fraction of sp³-hybridized carbons (Fsp3) is 0.286. The summed E-state index contributed by atoms with van der Waals surface area (Å²) in [6.45, 7) is 5.00. The van der Waals surface area contributed by atoms with E-state index in [4.69, 9.17) is 0 Å². The van der Waals surface area contributed by atoms with Crippen LogP contribution >= 0.6 is 0 Å². The minimum Gasteiger partial charge on any atom is -0.370 e. The summed E-state index contributed by atoms with van der Waals surface area (Å²) in [5.41, 5.74) is 3.71. The number of aromatic nitrogens is 2. The molecule has 0 fully saturated rings. The van der Waals surface area contributed by atoms with Crippen molar-refractivity contribution < 1.29 is 0 Å². The molecule has 3 nitrogen and oxygen atoms in total. The summed E-state index contributed by atoms with van der Waals surface area (Å²) in [6, 6.07) is 10.4. The number of anilines is 1. The van der Waals surface area contributed by atoms with Crippen molar-refractivity contribution in [1.29, 1.82) is 0 Å². The molecule has 0 aliphatic carbocycles. The van der Waals surface area contributed by atoms with Crippen molar-refractivity contribution >= 4 is 5.82 Å². The Morgan fingerprint density at radius 2 is 1.94 bits per heavy atom. The number of rotatable bonds is 4. The fourth-order valence-electron chi connectivity index (χ4n) is 1.77. The van der Waals surface area contributed by atoms with Crippen molar-refractivity contribution in [2.45, 2.75) is 20.3 Å². The molecular formula is C14H17N3. The van der Waals surface area contributed by atoms with E-state index in [1.165, 1.54) is 11.1 Å². The first-order chi connectivity index (χ1) is 8.25. The van der Waals surface area contributed by atoms with Gasteiger partial charge >= 0.3 is 0 Å². The third kappa shape index (κ3) is 3.28. The number of aryl methyl sites for hydroxylation is 2. The Morgan fingerprint density at radius 3 is 2.71 bits per heavy atom. The maximum atomic E-state index is 4.17. The molecule has 0 radical (unpaired) electrons. The Labute approximate surface area is 102 Å². The molecule has 2 rings (SSSR count). The van der Waals surface area contributed by atoms with E-state index in [9.17, 15) is 0 Å². The molecule has 0 bridgehead atoms. The second kappa shape index (κ2) is 5.43. The molecule has 0 unspecified atom stereocenters. The molecule has 0 amide bonds. The number of hydrogen-bond acceptors (Lipinski definition) is 3. The van der Waals surface area contributed by atoms with Crippen molar-refractivity contribution in [3.8, 4) is 0 Å². The van der Waals surface area contributed by atoms with Gasteiger partial charge in [0.05, 0.1) is 0 Å². The average molecular weight is 227 g/mol. The first-order valence-electron chi connectivity index (χ1n) is 5.83. The number of nitrogens with one attached hydrogen (secondary N) is 1. The summed E-state index contributed by atoms with van der Waals surface area (Å²) < 4.78 is 0. The van der Waals surface area contributed by atoms with Crippen molar-refractivity contribution in [2.24, 2.45) is 0 Å². The molecule has 1 heterocycles. The molecular weight excluding hydrogens is 210 g/mol. The van der Waals surface area contributed by atoms with E-state index in [1.54, 1.807) is 6.33 Å². The van der Waals surface area contributed by atoms with Gasteiger partial charge in [0.2, 0.25) is 0 Å². The number of hydrogen-bond donors (Lipinski definition) is 1. The van der Waals surface area contributed by atoms with E-state index in [0.29, 0.717) is 0 Å². The van der Waals surface area contributed by atoms with Crippen LogP contribution in [0, 0.1) is 13.8 Å². The lowest BCUT2D eigenvalue weighted by Gasteiger charge is -2.07. The first-order valence-corrected chi connectivity index (χ1v) is 5.83. The predicted molar refractivity (Wildman–Crippen MR) is 70.1 cm³/mol. The summed E-state index contributed by atoms with van der Waals surface area (Å²) in [6.07, 6.45) is 2.60. The van der Waals surface area contributed by atoms with Crippen molar-refractivity contribution in [1.82, 2.24) is 9.97 Å². The second-order valence-electron chi connectivity index (χ2n) is 4.15. The monoisotopic (exact) mass is 227 g/mol. The van der Waals surface area contributed by atoms with E-state index >= 15 is 0 Å². The third-order valence-corrected chi connectivity index (χ3v) is 2.77. The molecule has 0 atom stereocenters. The molecule has 88 valence electrons. The summed E-state index contributed by atoms with van der Waals surface area (Å²) in [5, 5.41) is 3.31. The Balaban J connectivity index is 1.90. The van der Waals surface area contributed by atoms with Crippen LogP contribution in [-0.4, -0.2) is 16.5 Å². The molecule has 0 aliphatic rings. The van der Waals surface area contributed by atoms with Crippen molar-refractivity contribution in [3.05, 3.63) is 53.5 Å². The van der Waals surface area contributed by atoms with Gasteiger partial charge in [0.25, 0.3) is 0 Å². The molecule has 1 aromatic carbocycles. The largest absolute Gasteiger partial charge is 0.370 e. The molecule has 0 aliphatic heterocycles. The maximum absolute atomic E-state index is 4.17. The van der Waals surface area contributed by atoms with Crippen molar-refractivity contribution in [2.75, 3.05) is 11.9 Å². The molecule has 0 spiro atoms. The van der Waals surface area contributed by atoms with Gasteiger partial charge in [-0.3, -0.25) is 0 Å². The molecule has 0 saturated heterocycles. The van der Waals surface area contributed by atoms with Crippen molar-refractivity contribution in [3.63, 3.8) is 0 Å². The zero-order valence-corrected chi connectivity index (χ0v) is 10.3. The molecule has 1 N–H and O–H groups in total. The SMILES string of the molecule is Cc1cc(NCCc2ccccc2C)ncn1. The highest BCUT2D eigenvalue weighted by molar-refractivity contribution is 5.35. The summed E-state index contributed by atoms with van der Waals surface area (Å²) in [7, 11) is 0. The van der Waals surface area contributed by atoms with E-state index in [-0.39, 0.29) is 0 Å². The molecule has 0 saturated carbocycles. The Kier molecular flexibility index (Phi) is 3.70. The van der Waals surface area contributed by atoms with E-state index in [1.807, 2.05) is 13.0 Å². The van der Waals surface area contributed by atoms with Crippen LogP contribution in [0.15, 0.2) is 36.7 Å². The van der Waals surface area contributed by atoms with Gasteiger partial charge in [0.15, 0.2) is 0 Å². The lowest BCUT2D eigenvalue weighted by atomic mass is 10.1. The van der Waals surface area contributed by atoms with Crippen LogP contribution in [0.25, 0.3) is 0 Å². The second-order valence-corrected chi connectivity index (χ2v) is 4.15. The van der Waals surface area contributed by atoms with Gasteiger partial charge < -0.3 is 5.32 Å². The van der Waals surface area contributed by atoms with Gasteiger partial charge in [-0.2, -0.15) is 0 Å². The van der Waals surface area contributed by atoms with Gasteiger partial charge in [0.1, 0.15) is 12.1 Å². The Hall–Kier alpha value is -1.90. The van der Waals surface area contributed by atoms with Gasteiger partial charge in [-0.05, 0) is 31.4 Å². The normalized spacial score (nSPS) is 10.2. The highest BCUT2D eigenvalue weighted by Gasteiger charge is 1.98. The van der Waals surface area contributed by atoms with Crippen LogP contribution in [-0.2, 0) is 6.42 Å². The lowest BCUT2D eigenvalue weighted by molar-refractivity contribution is 0.982. The topological polar surface area (TPSA) is 37.8 Å². The van der Waals surface area contributed by atoms with Crippen LogP contribution in [0.5, 0.6) is 0 Å². The molecule has 3 heteroatoms. The van der Waals surface area contributed by atoms with Gasteiger partial charge in [-0.15, -0.1) is 0 Å². The first kappa shape index (κ1) is 11.6. The highest BCUT2D eigenvalue weighted by Crippen LogP contribution is 2.08. The zero-order chi connectivity index (χ0) is 12.1. The Morgan fingerprint density at radius 1 is 1.12 bits per heavy atom. The quantitative estimate of drug-likeness (QED) is 0.872. The fourth-order valence-corrected chi connectivity index (χ4v) is 1.77. The predicted octanol–water partition coefficient (Wildman–Crippen LogP) is 2.75. The molecule has 1 aromatic heterocycles. The average Bonchev–Trinajstić information content (AvgIpc) is 2.32. The zero-order valence-electron chi connectivity index (χ0n) is 10.3. The highest BCUT2D eigenvalue weighted by atomic mass is 15.0. The van der Waals surface area contributed by atoms with Crippen LogP contribution in [0.4, 0.5) is 5.82 Å². The van der Waals surface area contributed by atoms with E-state index in [2.05, 4.69) is 46.5 Å². The smallest absolute Gasteiger partial charge is 0.129 e. The van der Waals surface area contributed by atoms with Crippen LogP contribution < -0.4 is 5.32 Å². The van der Waals surface area contributed by atoms with Gasteiger partial charge in [0, 0.05) is 18.3 Å². The van der Waals surface area contributed by atoms with Crippen LogP contribution in [0.1, 0.15) is 16.8 Å². The van der Waals surface area contributed by atoms with Crippen LogP contribution in [0.3, 0.4) is 0 Å². The van der Waals surface area contributed by atoms with Gasteiger partial charge in [-0.1, -0.05) is 24.3 Å². The van der Waals surface area contributed by atoms with Crippen LogP contribution in [0.2, 0.25) is 0 Å². The lowest BCUT2D eigenvalue weighted by Crippen LogP contribution is -2.07. The molecule has 17 heavy (non-hydrogen) atoms. The van der Waals surface area contributed by atoms with Gasteiger partial charge in [-0.25, -0.2) is 9.97 Å². The van der Waals surface area contributed by atoms with E-state index < -0.39 is 0 Å². The Bertz CT molecular complexity index is 494. The number of nitrogens with zero attached hydrogens (tertiary/aromatic N) is 2. The standard InChI is InChI=1S/C14H17N3/c1-11-5-3-4-6-13(11)7-8-15-14-9-12(2)16-10-17-14/h3-6,9-10H,7-8H2,1-2H3,(H,15,16,17). The summed E-state index contributed by atoms with van der Waals surface area (Å²) in [5.74, 6) is 0.895. The van der Waals surface area contributed by atoms with E-state index in [0.717, 1.165) is 24.5 Å². The number of benzene rings is 1. The minimum absolute atomic E-state index is 0.890. The maximum Gasteiger partial charge on any atom is 0.129 e. The third-order valence-electron chi connectivity index (χ3n) is 2.77. The molecule has 2 aromatic rings. The summed E-state index contributed by atoms with van der Waals surface area (Å²) in [4.78, 5) is 8.24. The minimum atomic E-state index is 0.890.